The van der Waals surface area contributed by atoms with Crippen LogP contribution in [0.3, 0.4) is 0 Å². The van der Waals surface area contributed by atoms with Gasteiger partial charge >= 0.3 is 0 Å². The van der Waals surface area contributed by atoms with Crippen LogP contribution in [0.25, 0.3) is 11.3 Å². The number of thiazole rings is 1. The Bertz CT molecular complexity index is 771. The molecule has 0 unspecified atom stereocenters. The number of aryl methyl sites for hydroxylation is 1. The fourth-order valence-electron chi connectivity index (χ4n) is 2.00. The van der Waals surface area contributed by atoms with Crippen molar-refractivity contribution >= 4 is 33.1 Å². The van der Waals surface area contributed by atoms with Gasteiger partial charge in [0.2, 0.25) is 0 Å². The summed E-state index contributed by atoms with van der Waals surface area (Å²) >= 11 is 5.09. The molecule has 0 radical (unpaired) electrons. The fourth-order valence-corrected chi connectivity index (χ4v) is 3.17. The monoisotopic (exact) mass is 360 g/mol. The summed E-state index contributed by atoms with van der Waals surface area (Å²) in [4.78, 5) is 13.4. The Morgan fingerprint density at radius 3 is 2.57 bits per heavy atom. The van der Waals surface area contributed by atoms with E-state index in [-0.39, 0.29) is 0 Å². The van der Waals surface area contributed by atoms with Crippen LogP contribution >= 0.6 is 27.3 Å². The van der Waals surface area contributed by atoms with Crippen LogP contribution in [0, 0.1) is 6.92 Å². The lowest BCUT2D eigenvalue weighted by Crippen LogP contribution is -2.04. The van der Waals surface area contributed by atoms with E-state index in [2.05, 4.69) is 30.9 Å². The lowest BCUT2D eigenvalue weighted by molar-refractivity contribution is 0.956. The van der Waals surface area contributed by atoms with Gasteiger partial charge in [0.15, 0.2) is 0 Å². The highest BCUT2D eigenvalue weighted by Gasteiger charge is 2.13. The molecule has 1 aromatic carbocycles. The van der Waals surface area contributed by atoms with Crippen LogP contribution in [0.2, 0.25) is 0 Å². The van der Waals surface area contributed by atoms with Crippen molar-refractivity contribution in [1.29, 1.82) is 0 Å². The maximum absolute atomic E-state index is 6.00. The van der Waals surface area contributed by atoms with Crippen molar-refractivity contribution in [2.45, 2.75) is 13.3 Å². The van der Waals surface area contributed by atoms with Crippen molar-refractivity contribution in [2.24, 2.45) is 0 Å². The van der Waals surface area contributed by atoms with Gasteiger partial charge in [-0.25, -0.2) is 15.0 Å². The lowest BCUT2D eigenvalue weighted by Gasteiger charge is -2.08. The van der Waals surface area contributed by atoms with Gasteiger partial charge < -0.3 is 5.73 Å². The number of anilines is 1. The van der Waals surface area contributed by atoms with Gasteiger partial charge in [-0.2, -0.15) is 0 Å². The van der Waals surface area contributed by atoms with Gasteiger partial charge in [0, 0.05) is 16.6 Å². The second kappa shape index (κ2) is 5.91. The van der Waals surface area contributed by atoms with Crippen molar-refractivity contribution in [3.8, 4) is 11.3 Å². The molecular formula is C15H13BrN4S. The second-order valence-corrected chi connectivity index (χ2v) is 6.35. The minimum atomic E-state index is 0.451. The van der Waals surface area contributed by atoms with Crippen molar-refractivity contribution in [2.75, 3.05) is 5.73 Å². The number of nitrogens with two attached hydrogens (primary N) is 1. The minimum Gasteiger partial charge on any atom is -0.383 e. The molecule has 0 aliphatic rings. The summed E-state index contributed by atoms with van der Waals surface area (Å²) in [5.41, 5.74) is 8.84. The third-order valence-electron chi connectivity index (χ3n) is 2.95. The van der Waals surface area contributed by atoms with Crippen molar-refractivity contribution in [3.05, 3.63) is 56.7 Å². The smallest absolute Gasteiger partial charge is 0.142 e. The molecule has 2 N–H and O–H groups in total. The zero-order valence-electron chi connectivity index (χ0n) is 11.4. The van der Waals surface area contributed by atoms with E-state index >= 15 is 0 Å². The zero-order chi connectivity index (χ0) is 14.8. The van der Waals surface area contributed by atoms with Crippen molar-refractivity contribution in [3.63, 3.8) is 0 Å². The van der Waals surface area contributed by atoms with E-state index in [1.54, 1.807) is 11.3 Å². The molecule has 2 aromatic heterocycles. The van der Waals surface area contributed by atoms with E-state index in [1.807, 2.05) is 42.6 Å². The van der Waals surface area contributed by atoms with Gasteiger partial charge in [-0.3, -0.25) is 0 Å². The Morgan fingerprint density at radius 2 is 1.90 bits per heavy atom. The molecule has 0 aliphatic carbocycles. The fraction of sp³-hybridized carbons (Fsp3) is 0.133. The number of nitrogen functional groups attached to an aromatic ring is 1. The van der Waals surface area contributed by atoms with Crippen LogP contribution in [0.1, 0.15) is 16.5 Å². The molecule has 3 aromatic rings. The average molecular weight is 361 g/mol. The summed E-state index contributed by atoms with van der Waals surface area (Å²) in [6, 6.07) is 9.93. The molecule has 3 rings (SSSR count). The topological polar surface area (TPSA) is 64.7 Å². The zero-order valence-corrected chi connectivity index (χ0v) is 13.8. The first kappa shape index (κ1) is 14.2. The van der Waals surface area contributed by atoms with Gasteiger partial charge in [-0.05, 0) is 22.9 Å². The second-order valence-electron chi connectivity index (χ2n) is 4.61. The summed E-state index contributed by atoms with van der Waals surface area (Å²) in [5.74, 6) is 1.14. The Hall–Kier alpha value is -1.79. The first-order valence-corrected chi connectivity index (χ1v) is 8.09. The molecule has 2 heterocycles. The normalized spacial score (nSPS) is 10.8. The quantitative estimate of drug-likeness (QED) is 0.770. The minimum absolute atomic E-state index is 0.451. The molecule has 0 bridgehead atoms. The summed E-state index contributed by atoms with van der Waals surface area (Å²) in [7, 11) is 0. The van der Waals surface area contributed by atoms with E-state index in [1.165, 1.54) is 0 Å². The highest BCUT2D eigenvalue weighted by Crippen LogP contribution is 2.30. The number of halogens is 1. The molecule has 0 saturated heterocycles. The molecule has 6 heteroatoms. The number of aromatic nitrogens is 3. The van der Waals surface area contributed by atoms with Gasteiger partial charge in [0.25, 0.3) is 0 Å². The third kappa shape index (κ3) is 3.11. The van der Waals surface area contributed by atoms with E-state index in [0.29, 0.717) is 18.1 Å². The maximum Gasteiger partial charge on any atom is 0.142 e. The number of rotatable bonds is 3. The van der Waals surface area contributed by atoms with Crippen LogP contribution in [-0.4, -0.2) is 15.0 Å². The molecule has 106 valence electrons. The summed E-state index contributed by atoms with van der Waals surface area (Å²) in [5, 5.41) is 3.02. The number of hydrogen-bond donors (Lipinski definition) is 1. The first-order chi connectivity index (χ1) is 10.1. The maximum atomic E-state index is 6.00. The molecule has 0 amide bonds. The highest BCUT2D eigenvalue weighted by atomic mass is 79.9. The van der Waals surface area contributed by atoms with E-state index in [4.69, 9.17) is 5.73 Å². The largest absolute Gasteiger partial charge is 0.383 e. The Morgan fingerprint density at radius 1 is 1.14 bits per heavy atom. The van der Waals surface area contributed by atoms with Crippen LogP contribution < -0.4 is 5.73 Å². The lowest BCUT2D eigenvalue weighted by atomic mass is 10.1. The molecule has 0 aliphatic heterocycles. The summed E-state index contributed by atoms with van der Waals surface area (Å²) in [6.07, 6.45) is 0.593. The van der Waals surface area contributed by atoms with Crippen molar-refractivity contribution in [1.82, 2.24) is 15.0 Å². The summed E-state index contributed by atoms with van der Waals surface area (Å²) < 4.78 is 0.729. The van der Waals surface area contributed by atoms with E-state index < -0.39 is 0 Å². The predicted octanol–water partition coefficient (Wildman–Crippen LogP) is 3.84. The first-order valence-electron chi connectivity index (χ1n) is 6.42. The van der Waals surface area contributed by atoms with Crippen molar-refractivity contribution < 1.29 is 0 Å². The van der Waals surface area contributed by atoms with E-state index in [0.717, 1.165) is 26.4 Å². The Labute approximate surface area is 135 Å². The standard InChI is InChI=1S/C15H13BrN4S/c1-9-8-21-12(18-9)7-11-19-14(13(16)15(17)20-11)10-5-3-2-4-6-10/h2-6,8H,7H2,1H3,(H2,17,19,20). The van der Waals surface area contributed by atoms with Gasteiger partial charge in [0.05, 0.1) is 16.6 Å². The summed E-state index contributed by atoms with van der Waals surface area (Å²) in [6.45, 7) is 1.98. The SMILES string of the molecule is Cc1csc(Cc2nc(N)c(Br)c(-c3ccccc3)n2)n1. The molecule has 0 saturated carbocycles. The average Bonchev–Trinajstić information content (AvgIpc) is 2.89. The number of benzene rings is 1. The molecule has 21 heavy (non-hydrogen) atoms. The number of hydrogen-bond acceptors (Lipinski definition) is 5. The van der Waals surface area contributed by atoms with Gasteiger partial charge in [0.1, 0.15) is 16.6 Å². The Balaban J connectivity index is 2.01. The molecule has 0 atom stereocenters. The molecule has 0 spiro atoms. The molecule has 0 fully saturated rings. The van der Waals surface area contributed by atoms with E-state index in [9.17, 15) is 0 Å². The van der Waals surface area contributed by atoms with Crippen LogP contribution in [0.15, 0.2) is 40.2 Å². The molecular weight excluding hydrogens is 348 g/mol. The highest BCUT2D eigenvalue weighted by molar-refractivity contribution is 9.10. The van der Waals surface area contributed by atoms with Crippen LogP contribution in [0.4, 0.5) is 5.82 Å². The van der Waals surface area contributed by atoms with Crippen LogP contribution in [0.5, 0.6) is 0 Å². The van der Waals surface area contributed by atoms with Gasteiger partial charge in [-0.15, -0.1) is 11.3 Å². The Kier molecular flexibility index (Phi) is 3.98. The van der Waals surface area contributed by atoms with Gasteiger partial charge in [-0.1, -0.05) is 30.3 Å². The third-order valence-corrected chi connectivity index (χ3v) is 4.69. The predicted molar refractivity (Wildman–Crippen MR) is 89.2 cm³/mol. The van der Waals surface area contributed by atoms with Crippen LogP contribution in [-0.2, 0) is 6.42 Å². The number of nitrogens with zero attached hydrogens (tertiary/aromatic N) is 3. The molecule has 4 nitrogen and oxygen atoms in total.